The van der Waals surface area contributed by atoms with Crippen molar-refractivity contribution in [3.63, 3.8) is 0 Å². The molecule has 1 aromatic carbocycles. The monoisotopic (exact) mass is 280 g/mol. The molecule has 2 unspecified atom stereocenters. The van der Waals surface area contributed by atoms with E-state index < -0.39 is 0 Å². The summed E-state index contributed by atoms with van der Waals surface area (Å²) in [6.07, 6.45) is 2.37. The number of halogens is 1. The van der Waals surface area contributed by atoms with E-state index in [1.165, 1.54) is 12.1 Å². The van der Waals surface area contributed by atoms with Crippen LogP contribution in [0.25, 0.3) is 0 Å². The van der Waals surface area contributed by atoms with E-state index in [1.54, 1.807) is 0 Å². The van der Waals surface area contributed by atoms with Gasteiger partial charge < -0.3 is 10.6 Å². The standard InChI is InChI=1S/C16H25ClN2/c1-16(2,3)9-12-8-14(18)11-19(10-12)15-6-4-13(17)5-7-15/h4-7,12,14H,8-11,18H2,1-3H3. The molecule has 1 heterocycles. The lowest BCUT2D eigenvalue weighted by Gasteiger charge is -2.40. The van der Waals surface area contributed by atoms with Crippen LogP contribution >= 0.6 is 11.6 Å². The number of nitrogens with zero attached hydrogens (tertiary/aromatic N) is 1. The molecule has 3 heteroatoms. The van der Waals surface area contributed by atoms with Crippen LogP contribution in [0.5, 0.6) is 0 Å². The maximum atomic E-state index is 6.23. The van der Waals surface area contributed by atoms with Crippen LogP contribution in [-0.4, -0.2) is 19.1 Å². The number of anilines is 1. The van der Waals surface area contributed by atoms with Crippen LogP contribution < -0.4 is 10.6 Å². The smallest absolute Gasteiger partial charge is 0.0407 e. The predicted octanol–water partition coefficient (Wildman–Crippen LogP) is 3.93. The molecule has 1 fully saturated rings. The minimum atomic E-state index is 0.275. The van der Waals surface area contributed by atoms with E-state index in [1.807, 2.05) is 12.1 Å². The number of rotatable bonds is 2. The molecule has 0 amide bonds. The lowest BCUT2D eigenvalue weighted by molar-refractivity contribution is 0.253. The quantitative estimate of drug-likeness (QED) is 0.889. The third-order valence-electron chi connectivity index (χ3n) is 3.66. The summed E-state index contributed by atoms with van der Waals surface area (Å²) < 4.78 is 0. The van der Waals surface area contributed by atoms with Crippen LogP contribution in [0.4, 0.5) is 5.69 Å². The van der Waals surface area contributed by atoms with Crippen molar-refractivity contribution in [2.45, 2.75) is 39.7 Å². The van der Waals surface area contributed by atoms with E-state index in [0.29, 0.717) is 11.3 Å². The molecule has 0 bridgehead atoms. The number of piperidine rings is 1. The van der Waals surface area contributed by atoms with Crippen molar-refractivity contribution in [1.29, 1.82) is 0 Å². The van der Waals surface area contributed by atoms with Gasteiger partial charge in [-0.2, -0.15) is 0 Å². The highest BCUT2D eigenvalue weighted by molar-refractivity contribution is 6.30. The Bertz CT molecular complexity index is 408. The van der Waals surface area contributed by atoms with Gasteiger partial charge in [0, 0.05) is 29.8 Å². The first-order valence-electron chi connectivity index (χ1n) is 7.09. The Morgan fingerprint density at radius 3 is 2.42 bits per heavy atom. The first-order valence-corrected chi connectivity index (χ1v) is 7.47. The summed E-state index contributed by atoms with van der Waals surface area (Å²) in [4.78, 5) is 2.40. The van der Waals surface area contributed by atoms with Gasteiger partial charge >= 0.3 is 0 Å². The fraction of sp³-hybridized carbons (Fsp3) is 0.625. The van der Waals surface area contributed by atoms with Crippen molar-refractivity contribution in [2.75, 3.05) is 18.0 Å². The maximum Gasteiger partial charge on any atom is 0.0407 e. The second-order valence-electron chi connectivity index (χ2n) is 7.01. The highest BCUT2D eigenvalue weighted by Gasteiger charge is 2.28. The topological polar surface area (TPSA) is 29.3 Å². The fourth-order valence-corrected chi connectivity index (χ4v) is 3.25. The SMILES string of the molecule is CC(C)(C)CC1CC(N)CN(c2ccc(Cl)cc2)C1. The summed E-state index contributed by atoms with van der Waals surface area (Å²) >= 11 is 5.95. The Kier molecular flexibility index (Phi) is 4.42. The highest BCUT2D eigenvalue weighted by atomic mass is 35.5. The molecular formula is C16H25ClN2. The molecule has 106 valence electrons. The van der Waals surface area contributed by atoms with Crippen LogP contribution in [0.1, 0.15) is 33.6 Å². The Morgan fingerprint density at radius 2 is 1.84 bits per heavy atom. The molecule has 0 radical (unpaired) electrons. The van der Waals surface area contributed by atoms with Gasteiger partial charge in [0.25, 0.3) is 0 Å². The molecule has 0 aromatic heterocycles. The van der Waals surface area contributed by atoms with Crippen molar-refractivity contribution in [3.8, 4) is 0 Å². The third-order valence-corrected chi connectivity index (χ3v) is 3.91. The molecular weight excluding hydrogens is 256 g/mol. The predicted molar refractivity (Wildman–Crippen MR) is 83.8 cm³/mol. The van der Waals surface area contributed by atoms with E-state index in [9.17, 15) is 0 Å². The lowest BCUT2D eigenvalue weighted by Crippen LogP contribution is -2.47. The largest absolute Gasteiger partial charge is 0.370 e. The molecule has 2 rings (SSSR count). The van der Waals surface area contributed by atoms with E-state index in [4.69, 9.17) is 17.3 Å². The Labute approximate surface area is 121 Å². The van der Waals surface area contributed by atoms with Crippen LogP contribution in [0.3, 0.4) is 0 Å². The zero-order valence-corrected chi connectivity index (χ0v) is 13.0. The molecule has 0 saturated carbocycles. The summed E-state index contributed by atoms with van der Waals surface area (Å²) in [7, 11) is 0. The molecule has 1 aliphatic rings. The van der Waals surface area contributed by atoms with Crippen molar-refractivity contribution in [3.05, 3.63) is 29.3 Å². The second-order valence-corrected chi connectivity index (χ2v) is 7.44. The summed E-state index contributed by atoms with van der Waals surface area (Å²) in [5.74, 6) is 0.680. The van der Waals surface area contributed by atoms with Gasteiger partial charge in [0.15, 0.2) is 0 Å². The van der Waals surface area contributed by atoms with Crippen LogP contribution in [0.2, 0.25) is 5.02 Å². The molecule has 1 aromatic rings. The molecule has 2 nitrogen and oxygen atoms in total. The van der Waals surface area contributed by atoms with Gasteiger partial charge in [-0.15, -0.1) is 0 Å². The first kappa shape index (κ1) is 14.7. The van der Waals surface area contributed by atoms with Gasteiger partial charge in [0.05, 0.1) is 0 Å². The lowest BCUT2D eigenvalue weighted by atomic mass is 9.80. The highest BCUT2D eigenvalue weighted by Crippen LogP contribution is 2.31. The zero-order valence-electron chi connectivity index (χ0n) is 12.2. The van der Waals surface area contributed by atoms with Gasteiger partial charge in [-0.05, 0) is 48.4 Å². The summed E-state index contributed by atoms with van der Waals surface area (Å²) in [6, 6.07) is 8.37. The normalized spacial score (nSPS) is 24.6. The molecule has 0 spiro atoms. The molecule has 2 atom stereocenters. The van der Waals surface area contributed by atoms with Crippen LogP contribution in [0, 0.1) is 11.3 Å². The number of hydrogen-bond donors (Lipinski definition) is 1. The summed E-state index contributed by atoms with van der Waals surface area (Å²) in [5, 5.41) is 0.788. The van der Waals surface area contributed by atoms with E-state index in [-0.39, 0.29) is 6.04 Å². The van der Waals surface area contributed by atoms with Crippen molar-refractivity contribution >= 4 is 17.3 Å². The maximum absolute atomic E-state index is 6.23. The minimum absolute atomic E-state index is 0.275. The fourth-order valence-electron chi connectivity index (χ4n) is 3.12. The second kappa shape index (κ2) is 5.72. The van der Waals surface area contributed by atoms with Crippen LogP contribution in [0.15, 0.2) is 24.3 Å². The average molecular weight is 281 g/mol. The molecule has 2 N–H and O–H groups in total. The van der Waals surface area contributed by atoms with E-state index in [2.05, 4.69) is 37.8 Å². The Balaban J connectivity index is 2.07. The first-order chi connectivity index (χ1) is 8.83. The van der Waals surface area contributed by atoms with Crippen molar-refractivity contribution < 1.29 is 0 Å². The summed E-state index contributed by atoms with van der Waals surface area (Å²) in [6.45, 7) is 8.97. The van der Waals surface area contributed by atoms with E-state index >= 15 is 0 Å². The number of hydrogen-bond acceptors (Lipinski definition) is 2. The molecule has 1 saturated heterocycles. The molecule has 19 heavy (non-hydrogen) atoms. The number of nitrogens with two attached hydrogens (primary N) is 1. The Morgan fingerprint density at radius 1 is 1.21 bits per heavy atom. The Hall–Kier alpha value is -0.730. The van der Waals surface area contributed by atoms with Crippen LogP contribution in [-0.2, 0) is 0 Å². The minimum Gasteiger partial charge on any atom is -0.370 e. The van der Waals surface area contributed by atoms with Gasteiger partial charge in [0.2, 0.25) is 0 Å². The average Bonchev–Trinajstić information content (AvgIpc) is 2.26. The third kappa shape index (κ3) is 4.39. The number of benzene rings is 1. The van der Waals surface area contributed by atoms with Gasteiger partial charge in [-0.25, -0.2) is 0 Å². The van der Waals surface area contributed by atoms with Crippen molar-refractivity contribution in [2.24, 2.45) is 17.1 Å². The van der Waals surface area contributed by atoms with Gasteiger partial charge in [-0.1, -0.05) is 32.4 Å². The zero-order chi connectivity index (χ0) is 14.0. The molecule has 1 aliphatic heterocycles. The van der Waals surface area contributed by atoms with Crippen molar-refractivity contribution in [1.82, 2.24) is 0 Å². The van der Waals surface area contributed by atoms with Gasteiger partial charge in [0.1, 0.15) is 0 Å². The summed E-state index contributed by atoms with van der Waals surface area (Å²) in [5.41, 5.74) is 7.84. The van der Waals surface area contributed by atoms with E-state index in [0.717, 1.165) is 24.5 Å². The molecule has 0 aliphatic carbocycles. The van der Waals surface area contributed by atoms with Gasteiger partial charge in [-0.3, -0.25) is 0 Å².